The molecule has 1 aromatic heterocycles. The minimum absolute atomic E-state index is 0.258. The van der Waals surface area contributed by atoms with E-state index in [9.17, 15) is 4.55 Å². The first-order valence-corrected chi connectivity index (χ1v) is 10.1. The second kappa shape index (κ2) is 5.77. The lowest BCUT2D eigenvalue weighted by Crippen LogP contribution is -2.26. The zero-order chi connectivity index (χ0) is 16.2. The summed E-state index contributed by atoms with van der Waals surface area (Å²) in [6.07, 6.45) is 2.02. The molecular weight excluding hydrogens is 409 g/mol. The summed E-state index contributed by atoms with van der Waals surface area (Å²) in [5.74, 6) is 1.99. The van der Waals surface area contributed by atoms with Crippen LogP contribution in [0, 0.1) is 15.5 Å². The molecule has 0 N–H and O–H groups in total. The summed E-state index contributed by atoms with van der Waals surface area (Å²) in [6, 6.07) is 2.63. The van der Waals surface area contributed by atoms with Crippen LogP contribution in [0.15, 0.2) is 10.5 Å². The SMILES string of the molecule is CC(C)n1nc(I)cc1[C@@H]1[C@@H]2CC(=N[S+]([O-])C(C)(C)C)C[C@@H]21. The molecular formula is C16H24IN3OS. The Hall–Kier alpha value is -0.0800. The number of rotatable bonds is 3. The predicted octanol–water partition coefficient (Wildman–Crippen LogP) is 4.10. The molecule has 3 rings (SSSR count). The van der Waals surface area contributed by atoms with Gasteiger partial charge >= 0.3 is 0 Å². The first-order valence-electron chi connectivity index (χ1n) is 7.92. The molecule has 2 saturated carbocycles. The number of halogens is 1. The van der Waals surface area contributed by atoms with Gasteiger partial charge in [0.2, 0.25) is 0 Å². The van der Waals surface area contributed by atoms with E-state index in [0.717, 1.165) is 22.3 Å². The molecule has 0 aliphatic heterocycles. The molecule has 0 amide bonds. The van der Waals surface area contributed by atoms with E-state index in [0.29, 0.717) is 23.8 Å². The fourth-order valence-electron chi connectivity index (χ4n) is 3.44. The molecule has 0 aromatic carbocycles. The second-order valence-electron chi connectivity index (χ2n) is 7.71. The third-order valence-electron chi connectivity index (χ3n) is 4.58. The lowest BCUT2D eigenvalue weighted by atomic mass is 10.1. The molecule has 122 valence electrons. The van der Waals surface area contributed by atoms with Gasteiger partial charge < -0.3 is 4.55 Å². The van der Waals surface area contributed by atoms with Crippen molar-refractivity contribution in [1.82, 2.24) is 9.78 Å². The Morgan fingerprint density at radius 3 is 2.45 bits per heavy atom. The van der Waals surface area contributed by atoms with E-state index in [1.54, 1.807) is 0 Å². The van der Waals surface area contributed by atoms with Gasteiger partial charge in [-0.1, -0.05) is 4.40 Å². The monoisotopic (exact) mass is 433 g/mol. The average molecular weight is 433 g/mol. The maximum atomic E-state index is 12.1. The summed E-state index contributed by atoms with van der Waals surface area (Å²) >= 11 is 1.18. The minimum atomic E-state index is -1.12. The molecule has 6 heteroatoms. The van der Waals surface area contributed by atoms with Crippen LogP contribution in [0.5, 0.6) is 0 Å². The van der Waals surface area contributed by atoms with E-state index in [4.69, 9.17) is 0 Å². The van der Waals surface area contributed by atoms with Crippen LogP contribution >= 0.6 is 22.6 Å². The van der Waals surface area contributed by atoms with Crippen LogP contribution in [0.1, 0.15) is 65.1 Å². The smallest absolute Gasteiger partial charge is 0.144 e. The average Bonchev–Trinajstić information content (AvgIpc) is 2.74. The lowest BCUT2D eigenvalue weighted by Gasteiger charge is -2.19. The van der Waals surface area contributed by atoms with Crippen LogP contribution in [0.2, 0.25) is 0 Å². The van der Waals surface area contributed by atoms with Gasteiger partial charge in [-0.3, -0.25) is 4.68 Å². The van der Waals surface area contributed by atoms with Crippen molar-refractivity contribution in [3.8, 4) is 0 Å². The van der Waals surface area contributed by atoms with E-state index in [1.165, 1.54) is 5.69 Å². The largest absolute Gasteiger partial charge is 0.591 e. The number of nitrogens with zero attached hydrogens (tertiary/aromatic N) is 3. The molecule has 1 aromatic rings. The summed E-state index contributed by atoms with van der Waals surface area (Å²) in [5.41, 5.74) is 2.54. The van der Waals surface area contributed by atoms with Crippen molar-refractivity contribution < 1.29 is 4.55 Å². The number of hydrogen-bond acceptors (Lipinski definition) is 3. The van der Waals surface area contributed by atoms with Crippen molar-refractivity contribution >= 4 is 39.7 Å². The highest BCUT2D eigenvalue weighted by atomic mass is 127. The predicted molar refractivity (Wildman–Crippen MR) is 99.6 cm³/mol. The van der Waals surface area contributed by atoms with Crippen LogP contribution < -0.4 is 0 Å². The van der Waals surface area contributed by atoms with Gasteiger partial charge in [0, 0.05) is 17.7 Å². The highest BCUT2D eigenvalue weighted by Gasteiger charge is 2.57. The van der Waals surface area contributed by atoms with Gasteiger partial charge in [0.15, 0.2) is 0 Å². The fourth-order valence-corrected chi connectivity index (χ4v) is 4.65. The minimum Gasteiger partial charge on any atom is -0.591 e. The van der Waals surface area contributed by atoms with E-state index < -0.39 is 11.4 Å². The zero-order valence-corrected chi connectivity index (χ0v) is 16.8. The highest BCUT2D eigenvalue weighted by molar-refractivity contribution is 14.1. The molecule has 22 heavy (non-hydrogen) atoms. The van der Waals surface area contributed by atoms with Crippen molar-refractivity contribution in [3.63, 3.8) is 0 Å². The summed E-state index contributed by atoms with van der Waals surface area (Å²) in [6.45, 7) is 10.3. The van der Waals surface area contributed by atoms with Crippen LogP contribution in [0.3, 0.4) is 0 Å². The highest BCUT2D eigenvalue weighted by Crippen LogP contribution is 2.62. The van der Waals surface area contributed by atoms with Crippen molar-refractivity contribution in [1.29, 1.82) is 0 Å². The van der Waals surface area contributed by atoms with Gasteiger partial charge in [-0.25, -0.2) is 0 Å². The molecule has 4 atom stereocenters. The maximum absolute atomic E-state index is 12.1. The van der Waals surface area contributed by atoms with E-state index >= 15 is 0 Å². The van der Waals surface area contributed by atoms with Crippen LogP contribution in [0.25, 0.3) is 0 Å². The molecule has 2 fully saturated rings. The van der Waals surface area contributed by atoms with Crippen molar-refractivity contribution in [2.75, 3.05) is 0 Å². The molecule has 2 aliphatic carbocycles. The van der Waals surface area contributed by atoms with E-state index in [-0.39, 0.29) is 4.75 Å². The van der Waals surface area contributed by atoms with Gasteiger partial charge in [-0.05, 0) is 88.0 Å². The normalized spacial score (nSPS) is 30.9. The first kappa shape index (κ1) is 16.8. The molecule has 0 radical (unpaired) electrons. The zero-order valence-electron chi connectivity index (χ0n) is 13.8. The Morgan fingerprint density at radius 1 is 1.36 bits per heavy atom. The Morgan fingerprint density at radius 2 is 1.95 bits per heavy atom. The van der Waals surface area contributed by atoms with Crippen LogP contribution in [0.4, 0.5) is 0 Å². The standard InChI is InChI=1S/C16H24IN3OS/c1-9(2)20-13(8-14(17)18-20)15-11-6-10(7-12(11)15)19-22(21)16(3,4)5/h8-9,11-12,15H,6-7H2,1-5H3/t11-,12+,15-,22?. The Labute approximate surface area is 149 Å². The van der Waals surface area contributed by atoms with Gasteiger partial charge in [-0.2, -0.15) is 5.10 Å². The van der Waals surface area contributed by atoms with E-state index in [1.807, 2.05) is 20.8 Å². The molecule has 1 heterocycles. The lowest BCUT2D eigenvalue weighted by molar-refractivity contribution is 0.501. The molecule has 4 nitrogen and oxygen atoms in total. The quantitative estimate of drug-likeness (QED) is 0.533. The van der Waals surface area contributed by atoms with Gasteiger partial charge in [0.1, 0.15) is 19.8 Å². The summed E-state index contributed by atoms with van der Waals surface area (Å²) in [7, 11) is 0. The fraction of sp³-hybridized carbons (Fsp3) is 0.750. The van der Waals surface area contributed by atoms with Crippen molar-refractivity contribution in [2.24, 2.45) is 16.2 Å². The summed E-state index contributed by atoms with van der Waals surface area (Å²) < 4.78 is 19.6. The second-order valence-corrected chi connectivity index (χ2v) is 10.7. The third-order valence-corrected chi connectivity index (χ3v) is 6.57. The maximum Gasteiger partial charge on any atom is 0.144 e. The number of aromatic nitrogens is 2. The van der Waals surface area contributed by atoms with E-state index in [2.05, 4.69) is 56.7 Å². The van der Waals surface area contributed by atoms with Crippen LogP contribution in [-0.4, -0.2) is 24.8 Å². The Kier molecular flexibility index (Phi) is 4.40. The number of hydrogen-bond donors (Lipinski definition) is 0. The van der Waals surface area contributed by atoms with Crippen molar-refractivity contribution in [2.45, 2.75) is 64.2 Å². The molecule has 2 aliphatic rings. The first-order chi connectivity index (χ1) is 10.2. The van der Waals surface area contributed by atoms with Gasteiger partial charge in [0.25, 0.3) is 0 Å². The topological polar surface area (TPSA) is 53.2 Å². The molecule has 0 saturated heterocycles. The molecule has 1 unspecified atom stereocenters. The number of fused-ring (bicyclic) bond motifs is 1. The molecule has 0 bridgehead atoms. The third kappa shape index (κ3) is 3.11. The van der Waals surface area contributed by atoms with Crippen LogP contribution in [-0.2, 0) is 11.4 Å². The summed E-state index contributed by atoms with van der Waals surface area (Å²) in [5, 5.41) is 4.62. The molecule has 0 spiro atoms. The van der Waals surface area contributed by atoms with Gasteiger partial charge in [0.05, 0.1) is 5.71 Å². The van der Waals surface area contributed by atoms with Gasteiger partial charge in [-0.15, -0.1) is 0 Å². The van der Waals surface area contributed by atoms with Crippen molar-refractivity contribution in [3.05, 3.63) is 15.5 Å². The Bertz CT molecular complexity index is 591. The summed E-state index contributed by atoms with van der Waals surface area (Å²) in [4.78, 5) is 0. The Balaban J connectivity index is 1.70.